The Morgan fingerprint density at radius 1 is 1.04 bits per heavy atom. The van der Waals surface area contributed by atoms with E-state index in [9.17, 15) is 13.6 Å². The summed E-state index contributed by atoms with van der Waals surface area (Å²) in [6, 6.07) is 10.9. The highest BCUT2D eigenvalue weighted by Gasteiger charge is 2.09. The van der Waals surface area contributed by atoms with E-state index < -0.39 is 11.7 Å². The first-order valence-corrected chi connectivity index (χ1v) is 8.54. The highest BCUT2D eigenvalue weighted by molar-refractivity contribution is 5.90. The van der Waals surface area contributed by atoms with E-state index in [4.69, 9.17) is 10.5 Å². The summed E-state index contributed by atoms with van der Waals surface area (Å²) in [6.45, 7) is 1.15. The van der Waals surface area contributed by atoms with Crippen LogP contribution < -0.4 is 15.8 Å². The number of nitrogens with one attached hydrogen (secondary N) is 1. The average molecular weight is 384 g/mol. The zero-order valence-corrected chi connectivity index (χ0v) is 14.9. The Labute approximate surface area is 160 Å². The number of hydrogen-bond donors (Lipinski definition) is 2. The van der Waals surface area contributed by atoms with Crippen LogP contribution in [-0.4, -0.2) is 22.4 Å². The zero-order valence-electron chi connectivity index (χ0n) is 14.9. The Hall–Kier alpha value is -3.39. The summed E-state index contributed by atoms with van der Waals surface area (Å²) in [5.74, 6) is -1.46. The summed E-state index contributed by atoms with van der Waals surface area (Å²) in [4.78, 5) is 18.6. The number of nitrogens with two attached hydrogens (primary N) is 1. The standard InChI is InChI=1S/C20H18F2N4O2/c21-15-4-1-13(2-5-15)7-8-24-10-14-3-6-18(16(22)9-14)28-19-12-25-17(11-26-19)20(23)27/h1-6,9,11-12,24H,7-8,10H2,(H2,23,27). The average Bonchev–Trinajstić information content (AvgIpc) is 2.69. The van der Waals surface area contributed by atoms with E-state index >= 15 is 0 Å². The van der Waals surface area contributed by atoms with Gasteiger partial charge in [0.2, 0.25) is 5.88 Å². The molecule has 3 N–H and O–H groups in total. The fraction of sp³-hybridized carbons (Fsp3) is 0.150. The van der Waals surface area contributed by atoms with Gasteiger partial charge >= 0.3 is 0 Å². The minimum absolute atomic E-state index is 0.00353. The number of halogens is 2. The summed E-state index contributed by atoms with van der Waals surface area (Å²) in [7, 11) is 0. The van der Waals surface area contributed by atoms with Crippen molar-refractivity contribution in [2.75, 3.05) is 6.54 Å². The fourth-order valence-corrected chi connectivity index (χ4v) is 2.46. The topological polar surface area (TPSA) is 90.1 Å². The van der Waals surface area contributed by atoms with Gasteiger partial charge in [-0.1, -0.05) is 18.2 Å². The third kappa shape index (κ3) is 5.31. The van der Waals surface area contributed by atoms with Crippen LogP contribution in [-0.2, 0) is 13.0 Å². The first-order valence-electron chi connectivity index (χ1n) is 8.54. The maximum absolute atomic E-state index is 14.2. The van der Waals surface area contributed by atoms with Crippen LogP contribution in [0, 0.1) is 11.6 Å². The fourth-order valence-electron chi connectivity index (χ4n) is 2.46. The summed E-state index contributed by atoms with van der Waals surface area (Å²) in [5.41, 5.74) is 6.85. The predicted molar refractivity (Wildman–Crippen MR) is 98.8 cm³/mol. The van der Waals surface area contributed by atoms with E-state index in [0.29, 0.717) is 13.1 Å². The van der Waals surface area contributed by atoms with Crippen molar-refractivity contribution in [3.63, 3.8) is 0 Å². The third-order valence-corrected chi connectivity index (χ3v) is 3.92. The van der Waals surface area contributed by atoms with Crippen LogP contribution in [0.4, 0.5) is 8.78 Å². The van der Waals surface area contributed by atoms with E-state index in [1.54, 1.807) is 18.2 Å². The lowest BCUT2D eigenvalue weighted by molar-refractivity contribution is 0.0995. The van der Waals surface area contributed by atoms with E-state index in [1.807, 2.05) is 0 Å². The molecule has 0 atom stereocenters. The lowest BCUT2D eigenvalue weighted by atomic mass is 10.1. The molecule has 1 amide bonds. The quantitative estimate of drug-likeness (QED) is 0.583. The number of amides is 1. The molecule has 6 nitrogen and oxygen atoms in total. The zero-order chi connectivity index (χ0) is 19.9. The molecule has 0 aliphatic rings. The number of hydrogen-bond acceptors (Lipinski definition) is 5. The molecule has 0 spiro atoms. The molecule has 1 heterocycles. The third-order valence-electron chi connectivity index (χ3n) is 3.92. The summed E-state index contributed by atoms with van der Waals surface area (Å²) < 4.78 is 32.5. The summed E-state index contributed by atoms with van der Waals surface area (Å²) in [6.07, 6.45) is 3.10. The number of benzene rings is 2. The molecule has 1 aromatic heterocycles. The molecule has 2 aromatic carbocycles. The van der Waals surface area contributed by atoms with Crippen molar-refractivity contribution in [3.05, 3.63) is 83.3 Å². The highest BCUT2D eigenvalue weighted by Crippen LogP contribution is 2.23. The second kappa shape index (κ2) is 9.01. The van der Waals surface area contributed by atoms with Crippen LogP contribution in [0.2, 0.25) is 0 Å². The molecule has 0 fully saturated rings. The molecule has 8 heteroatoms. The lowest BCUT2D eigenvalue weighted by Crippen LogP contribution is -2.16. The van der Waals surface area contributed by atoms with Gasteiger partial charge in [-0.15, -0.1) is 0 Å². The minimum atomic E-state index is -0.707. The molecule has 28 heavy (non-hydrogen) atoms. The SMILES string of the molecule is NC(=O)c1cnc(Oc2ccc(CNCCc3ccc(F)cc3)cc2F)cn1. The van der Waals surface area contributed by atoms with Gasteiger partial charge in [0, 0.05) is 6.54 Å². The molecule has 0 bridgehead atoms. The maximum atomic E-state index is 14.2. The minimum Gasteiger partial charge on any atom is -0.434 e. The Morgan fingerprint density at radius 2 is 1.79 bits per heavy atom. The number of aromatic nitrogens is 2. The van der Waals surface area contributed by atoms with Crippen molar-refractivity contribution in [2.45, 2.75) is 13.0 Å². The van der Waals surface area contributed by atoms with Crippen LogP contribution in [0.3, 0.4) is 0 Å². The first-order chi connectivity index (χ1) is 13.5. The van der Waals surface area contributed by atoms with E-state index in [0.717, 1.165) is 23.7 Å². The Kier molecular flexibility index (Phi) is 6.23. The molecule has 3 rings (SSSR count). The van der Waals surface area contributed by atoms with Crippen LogP contribution in [0.5, 0.6) is 11.6 Å². The van der Waals surface area contributed by atoms with Crippen molar-refractivity contribution in [3.8, 4) is 11.6 Å². The second-order valence-electron chi connectivity index (χ2n) is 6.02. The van der Waals surface area contributed by atoms with Crippen LogP contribution in [0.25, 0.3) is 0 Å². The number of rotatable bonds is 8. The Morgan fingerprint density at radius 3 is 2.43 bits per heavy atom. The van der Waals surface area contributed by atoms with Gasteiger partial charge in [-0.2, -0.15) is 0 Å². The molecule has 0 aliphatic heterocycles. The normalized spacial score (nSPS) is 10.6. The van der Waals surface area contributed by atoms with E-state index in [2.05, 4.69) is 15.3 Å². The first kappa shape index (κ1) is 19.4. The molecular formula is C20H18F2N4O2. The van der Waals surface area contributed by atoms with Gasteiger partial charge in [-0.25, -0.2) is 18.7 Å². The van der Waals surface area contributed by atoms with E-state index in [-0.39, 0.29) is 23.1 Å². The van der Waals surface area contributed by atoms with Crippen LogP contribution >= 0.6 is 0 Å². The molecule has 144 valence electrons. The van der Waals surface area contributed by atoms with Gasteiger partial charge in [0.15, 0.2) is 11.6 Å². The van der Waals surface area contributed by atoms with Crippen molar-refractivity contribution in [2.24, 2.45) is 5.73 Å². The van der Waals surface area contributed by atoms with Crippen molar-refractivity contribution < 1.29 is 18.3 Å². The molecule has 0 saturated carbocycles. The Bertz CT molecular complexity index is 947. The molecule has 0 aliphatic carbocycles. The van der Waals surface area contributed by atoms with Crippen molar-refractivity contribution in [1.29, 1.82) is 0 Å². The number of carbonyl (C=O) groups is 1. The highest BCUT2D eigenvalue weighted by atomic mass is 19.1. The van der Waals surface area contributed by atoms with Gasteiger partial charge in [-0.3, -0.25) is 4.79 Å². The molecular weight excluding hydrogens is 366 g/mol. The van der Waals surface area contributed by atoms with E-state index in [1.165, 1.54) is 30.5 Å². The monoisotopic (exact) mass is 384 g/mol. The lowest BCUT2D eigenvalue weighted by Gasteiger charge is -2.09. The number of nitrogens with zero attached hydrogens (tertiary/aromatic N) is 2. The van der Waals surface area contributed by atoms with Gasteiger partial charge in [0.25, 0.3) is 5.91 Å². The van der Waals surface area contributed by atoms with Gasteiger partial charge in [0.1, 0.15) is 11.5 Å². The number of primary amides is 1. The van der Waals surface area contributed by atoms with Crippen molar-refractivity contribution >= 4 is 5.91 Å². The number of ether oxygens (including phenoxy) is 1. The molecule has 3 aromatic rings. The van der Waals surface area contributed by atoms with Gasteiger partial charge in [-0.05, 0) is 48.4 Å². The Balaban J connectivity index is 1.51. The predicted octanol–water partition coefficient (Wildman–Crippen LogP) is 2.98. The van der Waals surface area contributed by atoms with Crippen LogP contribution in [0.15, 0.2) is 54.9 Å². The molecule has 0 saturated heterocycles. The molecule has 0 unspecified atom stereocenters. The molecule has 0 radical (unpaired) electrons. The summed E-state index contributed by atoms with van der Waals surface area (Å²) >= 11 is 0. The van der Waals surface area contributed by atoms with Crippen LogP contribution in [0.1, 0.15) is 21.6 Å². The number of carbonyl (C=O) groups excluding carboxylic acids is 1. The second-order valence-corrected chi connectivity index (χ2v) is 6.02. The smallest absolute Gasteiger partial charge is 0.268 e. The summed E-state index contributed by atoms with van der Waals surface area (Å²) in [5, 5.41) is 3.21. The van der Waals surface area contributed by atoms with Gasteiger partial charge in [0.05, 0.1) is 12.4 Å². The van der Waals surface area contributed by atoms with Crippen molar-refractivity contribution in [1.82, 2.24) is 15.3 Å². The maximum Gasteiger partial charge on any atom is 0.268 e. The largest absolute Gasteiger partial charge is 0.434 e. The van der Waals surface area contributed by atoms with Gasteiger partial charge < -0.3 is 15.8 Å².